The van der Waals surface area contributed by atoms with Gasteiger partial charge in [-0.1, -0.05) is 43.9 Å². The minimum Gasteiger partial charge on any atom is -0.325 e. The Bertz CT molecular complexity index is 549. The van der Waals surface area contributed by atoms with Crippen LogP contribution in [0.2, 0.25) is 0 Å². The van der Waals surface area contributed by atoms with Crippen LogP contribution >= 0.6 is 9.39 Å². The third-order valence-electron chi connectivity index (χ3n) is 2.70. The van der Waals surface area contributed by atoms with Crippen molar-refractivity contribution in [1.82, 2.24) is 4.34 Å². The van der Waals surface area contributed by atoms with Gasteiger partial charge < -0.3 is 4.34 Å². The lowest BCUT2D eigenvalue weighted by atomic mass is 10.1. The van der Waals surface area contributed by atoms with Crippen LogP contribution in [-0.2, 0) is 0 Å². The molecule has 0 aliphatic heterocycles. The van der Waals surface area contributed by atoms with Crippen molar-refractivity contribution in [3.05, 3.63) is 48.2 Å². The molecule has 1 atom stereocenters. The second-order valence-corrected chi connectivity index (χ2v) is 4.22. The molecule has 0 radical (unpaired) electrons. The van der Waals surface area contributed by atoms with Crippen molar-refractivity contribution in [2.45, 2.75) is 13.3 Å². The number of para-hydroxylation sites is 1. The zero-order valence-corrected chi connectivity index (χ0v) is 10.6. The van der Waals surface area contributed by atoms with Gasteiger partial charge in [0.15, 0.2) is 0 Å². The molecular weight excluding hydrogens is 213 g/mol. The predicted octanol–water partition coefficient (Wildman–Crippen LogP) is 4.35. The Labute approximate surface area is 98.7 Å². The molecule has 1 nitrogen and oxygen atoms in total. The van der Waals surface area contributed by atoms with Crippen LogP contribution < -0.4 is 0 Å². The monoisotopic (exact) mass is 229 g/mol. The molecule has 1 aromatic heterocycles. The summed E-state index contributed by atoms with van der Waals surface area (Å²) in [5, 5.41) is 1.28. The number of aromatic nitrogens is 1. The van der Waals surface area contributed by atoms with Crippen LogP contribution in [0.1, 0.15) is 24.6 Å². The first kappa shape index (κ1) is 11.2. The van der Waals surface area contributed by atoms with E-state index in [9.17, 15) is 0 Å². The third kappa shape index (κ3) is 1.72. The first-order chi connectivity index (χ1) is 7.79. The van der Waals surface area contributed by atoms with Gasteiger partial charge in [-0.15, -0.1) is 0 Å². The molecule has 2 aromatic rings. The largest absolute Gasteiger partial charge is 0.325 e. The van der Waals surface area contributed by atoms with Crippen LogP contribution in [0.25, 0.3) is 23.1 Å². The molecule has 16 heavy (non-hydrogen) atoms. The fraction of sp³-hybridized carbons (Fsp3) is 0.143. The van der Waals surface area contributed by atoms with E-state index >= 15 is 0 Å². The molecule has 0 fully saturated rings. The minimum atomic E-state index is 1.05. The summed E-state index contributed by atoms with van der Waals surface area (Å²) in [4.78, 5) is 0. The van der Waals surface area contributed by atoms with E-state index in [0.29, 0.717) is 0 Å². The first-order valence-corrected chi connectivity index (χ1v) is 5.98. The molecule has 0 bridgehead atoms. The zero-order valence-electron chi connectivity index (χ0n) is 9.48. The van der Waals surface area contributed by atoms with Crippen LogP contribution in [0.15, 0.2) is 36.9 Å². The van der Waals surface area contributed by atoms with Gasteiger partial charge in [-0.05, 0) is 28.0 Å². The molecule has 1 unspecified atom stereocenters. The maximum atomic E-state index is 3.89. The Balaban J connectivity index is 2.77. The number of hydrogen-bond donors (Lipinski definition) is 0. The van der Waals surface area contributed by atoms with E-state index in [1.165, 1.54) is 16.5 Å². The minimum absolute atomic E-state index is 1.05. The molecule has 2 rings (SSSR count). The van der Waals surface area contributed by atoms with Gasteiger partial charge in [0, 0.05) is 10.9 Å². The number of hydrogen-bond acceptors (Lipinski definition) is 0. The topological polar surface area (TPSA) is 4.93 Å². The smallest absolute Gasteiger partial charge is 0.0521 e. The summed E-state index contributed by atoms with van der Waals surface area (Å²) in [6.07, 6.45) is 7.31. The summed E-state index contributed by atoms with van der Waals surface area (Å²) in [5.74, 6) is 0. The van der Waals surface area contributed by atoms with Gasteiger partial charge >= 0.3 is 0 Å². The lowest BCUT2D eigenvalue weighted by Crippen LogP contribution is -1.82. The highest BCUT2D eigenvalue weighted by atomic mass is 31.0. The van der Waals surface area contributed by atoms with Crippen LogP contribution in [0.5, 0.6) is 0 Å². The first-order valence-electron chi connectivity index (χ1n) is 5.47. The number of rotatable bonds is 3. The SMILES string of the molecule is C=Cc1c(/C=C\CC)c2ccccc2n1P. The van der Waals surface area contributed by atoms with Gasteiger partial charge in [0.1, 0.15) is 0 Å². The van der Waals surface area contributed by atoms with Crippen LogP contribution in [0, 0.1) is 0 Å². The Morgan fingerprint density at radius 1 is 1.38 bits per heavy atom. The molecule has 0 amide bonds. The van der Waals surface area contributed by atoms with Crippen molar-refractivity contribution < 1.29 is 0 Å². The van der Waals surface area contributed by atoms with Gasteiger partial charge in [0.2, 0.25) is 0 Å². The lowest BCUT2D eigenvalue weighted by Gasteiger charge is -1.98. The van der Waals surface area contributed by atoms with E-state index in [2.05, 4.69) is 63.6 Å². The fourth-order valence-corrected chi connectivity index (χ4v) is 2.40. The highest BCUT2D eigenvalue weighted by Crippen LogP contribution is 2.29. The Hall–Kier alpha value is -1.33. The van der Waals surface area contributed by atoms with Gasteiger partial charge in [0.05, 0.1) is 11.2 Å². The van der Waals surface area contributed by atoms with Crippen molar-refractivity contribution in [1.29, 1.82) is 0 Å². The maximum Gasteiger partial charge on any atom is 0.0521 e. The van der Waals surface area contributed by atoms with Crippen molar-refractivity contribution in [3.8, 4) is 0 Å². The summed E-state index contributed by atoms with van der Waals surface area (Å²) in [6, 6.07) is 8.41. The Morgan fingerprint density at radius 2 is 2.12 bits per heavy atom. The van der Waals surface area contributed by atoms with E-state index in [1.807, 2.05) is 6.08 Å². The summed E-state index contributed by atoms with van der Waals surface area (Å²) < 4.78 is 2.11. The third-order valence-corrected chi connectivity index (χ3v) is 3.26. The fourth-order valence-electron chi connectivity index (χ4n) is 1.93. The summed E-state index contributed by atoms with van der Waals surface area (Å²) >= 11 is 0. The summed E-state index contributed by atoms with van der Waals surface area (Å²) in [6.45, 7) is 6.03. The van der Waals surface area contributed by atoms with Crippen LogP contribution in [-0.4, -0.2) is 4.34 Å². The van der Waals surface area contributed by atoms with Crippen molar-refractivity contribution in [3.63, 3.8) is 0 Å². The van der Waals surface area contributed by atoms with Crippen LogP contribution in [0.3, 0.4) is 0 Å². The zero-order chi connectivity index (χ0) is 11.5. The lowest BCUT2D eigenvalue weighted by molar-refractivity contribution is 1.23. The van der Waals surface area contributed by atoms with Crippen LogP contribution in [0.4, 0.5) is 0 Å². The molecular formula is C14H16NP. The van der Waals surface area contributed by atoms with Gasteiger partial charge in [-0.25, -0.2) is 0 Å². The maximum absolute atomic E-state index is 3.89. The number of nitrogens with zero attached hydrogens (tertiary/aromatic N) is 1. The quantitative estimate of drug-likeness (QED) is 0.690. The number of fused-ring (bicyclic) bond motifs is 1. The molecule has 82 valence electrons. The van der Waals surface area contributed by atoms with Gasteiger partial charge in [-0.2, -0.15) is 0 Å². The second kappa shape index (κ2) is 4.67. The molecule has 0 aliphatic rings. The molecule has 0 N–H and O–H groups in total. The highest BCUT2D eigenvalue weighted by molar-refractivity contribution is 7.15. The second-order valence-electron chi connectivity index (χ2n) is 3.70. The standard InChI is InChI=1S/C14H16NP/c1-3-5-8-11-12-9-6-7-10-14(12)15(16)13(11)4-2/h4-10H,2-3,16H2,1H3/b8-5-. The van der Waals surface area contributed by atoms with Crippen molar-refractivity contribution >= 4 is 32.4 Å². The average Bonchev–Trinajstić information content (AvgIpc) is 2.60. The van der Waals surface area contributed by atoms with Gasteiger partial charge in [-0.3, -0.25) is 0 Å². The van der Waals surface area contributed by atoms with Gasteiger partial charge in [0.25, 0.3) is 0 Å². The highest BCUT2D eigenvalue weighted by Gasteiger charge is 2.09. The molecule has 2 heteroatoms. The molecule has 0 aliphatic carbocycles. The Kier molecular flexibility index (Phi) is 3.26. The van der Waals surface area contributed by atoms with E-state index < -0.39 is 0 Å². The predicted molar refractivity (Wildman–Crippen MR) is 76.5 cm³/mol. The normalized spacial score (nSPS) is 11.4. The Morgan fingerprint density at radius 3 is 2.81 bits per heavy atom. The van der Waals surface area contributed by atoms with Crippen molar-refractivity contribution in [2.24, 2.45) is 0 Å². The van der Waals surface area contributed by atoms with E-state index in [4.69, 9.17) is 0 Å². The molecule has 1 aromatic carbocycles. The number of allylic oxidation sites excluding steroid dienone is 1. The molecule has 0 saturated carbocycles. The van der Waals surface area contributed by atoms with E-state index in [-0.39, 0.29) is 0 Å². The number of benzene rings is 1. The van der Waals surface area contributed by atoms with E-state index in [0.717, 1.165) is 12.1 Å². The molecule has 1 heterocycles. The summed E-state index contributed by atoms with van der Waals surface area (Å²) in [5.41, 5.74) is 3.62. The van der Waals surface area contributed by atoms with Crippen molar-refractivity contribution in [2.75, 3.05) is 0 Å². The molecule has 0 spiro atoms. The van der Waals surface area contributed by atoms with E-state index in [1.54, 1.807) is 0 Å². The molecule has 0 saturated heterocycles. The average molecular weight is 229 g/mol. The summed E-state index contributed by atoms with van der Waals surface area (Å²) in [7, 11) is 2.74.